The molecule has 10 heteroatoms. The minimum atomic E-state index is -10.7. The first kappa shape index (κ1) is 37.8. The molecule has 0 radical (unpaired) electrons. The van der Waals surface area contributed by atoms with Crippen molar-refractivity contribution in [1.82, 2.24) is 0 Å². The molecule has 0 fully saturated rings. The van der Waals surface area contributed by atoms with Gasteiger partial charge in [0, 0.05) is 27.7 Å². The number of hydrogen-bond acceptors (Lipinski definition) is 2. The Labute approximate surface area is 307 Å². The predicted molar refractivity (Wildman–Crippen MR) is 202 cm³/mol. The molecule has 0 bridgehead atoms. The summed E-state index contributed by atoms with van der Waals surface area (Å²) in [5, 5.41) is 0. The molecule has 1 unspecified atom stereocenters. The Bertz CT molecular complexity index is 2260. The Morgan fingerprint density at radius 1 is 0.472 bits per heavy atom. The normalized spacial score (nSPS) is 14.7. The Morgan fingerprint density at radius 3 is 1.32 bits per heavy atom. The molecule has 6 aromatic rings. The number of fused-ring (bicyclic) bond motifs is 3. The average molecular weight is 761 g/mol. The molecule has 272 valence electrons. The Hall–Kier alpha value is -4.98. The number of ketones is 2. The fourth-order valence-electron chi connectivity index (χ4n) is 6.97. The Balaban J connectivity index is 0.000000626. The summed E-state index contributed by atoms with van der Waals surface area (Å²) < 4.78 is 59.2. The maximum absolute atomic E-state index is 13.5. The van der Waals surface area contributed by atoms with E-state index in [9.17, 15) is 34.8 Å². The Kier molecular flexibility index (Phi) is 9.82. The van der Waals surface area contributed by atoms with Gasteiger partial charge in [0.25, 0.3) is 0 Å². The summed E-state index contributed by atoms with van der Waals surface area (Å²) in [5.41, 5.74) is 7.69. The quantitative estimate of drug-likeness (QED) is 0.0636. The first-order valence-electron chi connectivity index (χ1n) is 16.9. The fourth-order valence-corrected chi connectivity index (χ4v) is 9.07. The molecule has 0 N–H and O–H groups in total. The van der Waals surface area contributed by atoms with E-state index in [1.165, 1.54) is 36.9 Å². The molecule has 6 aromatic carbocycles. The van der Waals surface area contributed by atoms with Gasteiger partial charge in [-0.3, -0.25) is 9.59 Å². The van der Waals surface area contributed by atoms with Crippen LogP contribution in [0.5, 0.6) is 0 Å². The van der Waals surface area contributed by atoms with Gasteiger partial charge in [0.2, 0.25) is 0 Å². The molecule has 0 aromatic heterocycles. The van der Waals surface area contributed by atoms with Crippen LogP contribution in [-0.2, 0) is 16.3 Å². The summed E-state index contributed by atoms with van der Waals surface area (Å²) in [6.07, 6.45) is 1.87. The van der Waals surface area contributed by atoms with Crippen LogP contribution in [-0.4, -0.2) is 11.6 Å². The molecule has 7 rings (SSSR count). The van der Waals surface area contributed by atoms with E-state index in [-0.39, 0.29) is 27.9 Å². The van der Waals surface area contributed by atoms with Crippen LogP contribution in [0.15, 0.2) is 166 Å². The van der Waals surface area contributed by atoms with Crippen molar-refractivity contribution in [3.8, 4) is 11.1 Å². The van der Waals surface area contributed by atoms with Crippen LogP contribution in [0.3, 0.4) is 0 Å². The van der Waals surface area contributed by atoms with Crippen molar-refractivity contribution in [1.29, 1.82) is 0 Å². The van der Waals surface area contributed by atoms with E-state index in [4.69, 9.17) is 0 Å². The first-order valence-corrected chi connectivity index (χ1v) is 20.2. The van der Waals surface area contributed by atoms with Crippen LogP contribution >= 0.6 is 7.81 Å². The van der Waals surface area contributed by atoms with Crippen LogP contribution in [0.2, 0.25) is 0 Å². The second kappa shape index (κ2) is 13.8. The zero-order chi connectivity index (χ0) is 38.1. The standard InChI is InChI=1S/C43H35O2S.F6P/c1-3-43(4-2)39-28-33(42(45)31-16-10-6-11-17-31)22-26-37(39)38-27-25-36(29-40(38)43)46(34-18-12-7-13-19-34)35-23-20-32(21-24-35)41(44)30-14-8-5-9-15-30;1-7(2,3,4,5)6/h5-29H,3-4H2,1-2H3;/q+1;-1. The zero-order valence-electron chi connectivity index (χ0n) is 28.8. The average Bonchev–Trinajstić information content (AvgIpc) is 3.43. The predicted octanol–water partition coefficient (Wildman–Crippen LogP) is 13.7. The third-order valence-electron chi connectivity index (χ3n) is 9.44. The third-order valence-corrected chi connectivity index (χ3v) is 11.7. The van der Waals surface area contributed by atoms with Gasteiger partial charge in [-0.05, 0) is 95.8 Å². The molecule has 0 aliphatic heterocycles. The number of carbonyl (C=O) groups is 2. The van der Waals surface area contributed by atoms with E-state index in [0.717, 1.165) is 18.4 Å². The second-order valence-corrected chi connectivity index (χ2v) is 16.7. The monoisotopic (exact) mass is 760 g/mol. The van der Waals surface area contributed by atoms with Crippen LogP contribution in [0.4, 0.5) is 25.2 Å². The molecular weight excluding hydrogens is 726 g/mol. The molecule has 0 amide bonds. The number of carbonyl (C=O) groups excluding carboxylic acids is 2. The summed E-state index contributed by atoms with van der Waals surface area (Å²) in [6.45, 7) is 4.53. The van der Waals surface area contributed by atoms with Crippen molar-refractivity contribution < 1.29 is 34.8 Å². The summed E-state index contributed by atoms with van der Waals surface area (Å²) in [6, 6.07) is 51.0. The number of halogens is 6. The molecular formula is C43H35F6O2PS. The van der Waals surface area contributed by atoms with Gasteiger partial charge < -0.3 is 0 Å². The van der Waals surface area contributed by atoms with E-state index in [0.29, 0.717) is 16.7 Å². The van der Waals surface area contributed by atoms with Gasteiger partial charge in [-0.15, -0.1) is 0 Å². The van der Waals surface area contributed by atoms with Gasteiger partial charge in [-0.25, -0.2) is 0 Å². The van der Waals surface area contributed by atoms with Gasteiger partial charge in [0.05, 0.1) is 10.9 Å². The molecule has 1 aliphatic carbocycles. The second-order valence-electron chi connectivity index (χ2n) is 12.7. The molecule has 1 aliphatic rings. The molecule has 0 heterocycles. The van der Waals surface area contributed by atoms with E-state index in [1.807, 2.05) is 78.9 Å². The van der Waals surface area contributed by atoms with Gasteiger partial charge in [-0.1, -0.05) is 105 Å². The van der Waals surface area contributed by atoms with Crippen molar-refractivity contribution in [3.63, 3.8) is 0 Å². The molecule has 0 spiro atoms. The number of benzene rings is 6. The summed E-state index contributed by atoms with van der Waals surface area (Å²) in [5.74, 6) is 0.0868. The molecule has 53 heavy (non-hydrogen) atoms. The summed E-state index contributed by atoms with van der Waals surface area (Å²) in [7, 11) is -11.0. The van der Waals surface area contributed by atoms with E-state index in [1.54, 1.807) is 0 Å². The van der Waals surface area contributed by atoms with Gasteiger partial charge >= 0.3 is 33.0 Å². The molecule has 0 saturated heterocycles. The van der Waals surface area contributed by atoms with Crippen LogP contribution < -0.4 is 0 Å². The van der Waals surface area contributed by atoms with Crippen LogP contribution in [0.1, 0.15) is 69.7 Å². The van der Waals surface area contributed by atoms with Gasteiger partial charge in [-0.2, -0.15) is 0 Å². The van der Waals surface area contributed by atoms with E-state index >= 15 is 0 Å². The number of hydrogen-bond donors (Lipinski definition) is 0. The fraction of sp³-hybridized carbons (Fsp3) is 0.116. The molecule has 0 saturated carbocycles. The maximum atomic E-state index is 13.5. The SMILES string of the molecule is CCC1(CC)c2cc(C(=O)c3ccccc3)ccc2-c2ccc([S+](c3ccccc3)c3ccc(C(=O)c4ccccc4)cc3)cc21.F[P-](F)(F)(F)(F)F. The van der Waals surface area contributed by atoms with E-state index < -0.39 is 7.81 Å². The first-order chi connectivity index (χ1) is 25.0. The van der Waals surface area contributed by atoms with Crippen LogP contribution in [0, 0.1) is 0 Å². The van der Waals surface area contributed by atoms with Crippen LogP contribution in [0.25, 0.3) is 11.1 Å². The van der Waals surface area contributed by atoms with Crippen molar-refractivity contribution in [2.45, 2.75) is 46.8 Å². The van der Waals surface area contributed by atoms with Crippen molar-refractivity contribution in [2.24, 2.45) is 0 Å². The van der Waals surface area contributed by atoms with E-state index in [2.05, 4.69) is 86.6 Å². The van der Waals surface area contributed by atoms with Crippen molar-refractivity contribution in [2.75, 3.05) is 0 Å². The van der Waals surface area contributed by atoms with Crippen molar-refractivity contribution in [3.05, 3.63) is 185 Å². The zero-order valence-corrected chi connectivity index (χ0v) is 30.5. The number of rotatable bonds is 9. The van der Waals surface area contributed by atoms with Crippen molar-refractivity contribution >= 4 is 30.3 Å². The summed E-state index contributed by atoms with van der Waals surface area (Å²) in [4.78, 5) is 30.3. The van der Waals surface area contributed by atoms with Gasteiger partial charge in [0.15, 0.2) is 26.3 Å². The molecule has 1 atom stereocenters. The summed E-state index contributed by atoms with van der Waals surface area (Å²) >= 11 is 0. The molecule has 2 nitrogen and oxygen atoms in total. The van der Waals surface area contributed by atoms with Gasteiger partial charge in [0.1, 0.15) is 0 Å². The Morgan fingerprint density at radius 2 is 0.830 bits per heavy atom. The minimum absolute atomic E-state index is 0.0304. The third kappa shape index (κ3) is 8.64. The topological polar surface area (TPSA) is 34.1 Å².